The molecule has 120 valence electrons. The van der Waals surface area contributed by atoms with Crippen LogP contribution in [-0.2, 0) is 10.0 Å². The number of sulfonamides is 1. The van der Waals surface area contributed by atoms with Gasteiger partial charge in [0, 0.05) is 24.7 Å². The summed E-state index contributed by atoms with van der Waals surface area (Å²) < 4.78 is 29.0. The van der Waals surface area contributed by atoms with Crippen LogP contribution >= 0.6 is 27.3 Å². The predicted octanol–water partition coefficient (Wildman–Crippen LogP) is 3.36. The topological polar surface area (TPSA) is 49.4 Å². The Bertz CT molecular complexity index is 577. The van der Waals surface area contributed by atoms with Gasteiger partial charge in [0.15, 0.2) is 0 Å². The van der Waals surface area contributed by atoms with Crippen molar-refractivity contribution in [2.24, 2.45) is 0 Å². The van der Waals surface area contributed by atoms with E-state index in [-0.39, 0.29) is 11.6 Å². The van der Waals surface area contributed by atoms with Crippen LogP contribution in [0.2, 0.25) is 0 Å². The molecule has 1 aromatic heterocycles. The average Bonchev–Trinajstić information content (AvgIpc) is 2.69. The first-order valence-electron chi connectivity index (χ1n) is 7.13. The fourth-order valence-electron chi connectivity index (χ4n) is 2.51. The average molecular weight is 395 g/mol. The van der Waals surface area contributed by atoms with Crippen molar-refractivity contribution in [3.63, 3.8) is 0 Å². The van der Waals surface area contributed by atoms with Gasteiger partial charge in [-0.05, 0) is 68.1 Å². The highest BCUT2D eigenvalue weighted by Crippen LogP contribution is 2.31. The lowest BCUT2D eigenvalue weighted by Gasteiger charge is -2.40. The van der Waals surface area contributed by atoms with Crippen LogP contribution in [-0.4, -0.2) is 38.0 Å². The lowest BCUT2D eigenvalue weighted by molar-refractivity contribution is 0.100. The van der Waals surface area contributed by atoms with Gasteiger partial charge in [-0.2, -0.15) is 0 Å². The van der Waals surface area contributed by atoms with Crippen molar-refractivity contribution in [2.45, 2.75) is 56.3 Å². The highest BCUT2D eigenvalue weighted by Gasteiger charge is 2.30. The van der Waals surface area contributed by atoms with Crippen molar-refractivity contribution in [3.05, 3.63) is 15.4 Å². The summed E-state index contributed by atoms with van der Waals surface area (Å²) in [5.41, 5.74) is 1.11. The summed E-state index contributed by atoms with van der Waals surface area (Å²) in [5, 5.41) is 0. The van der Waals surface area contributed by atoms with Crippen LogP contribution in [0.15, 0.2) is 14.1 Å². The Morgan fingerprint density at radius 2 is 1.90 bits per heavy atom. The van der Waals surface area contributed by atoms with E-state index in [9.17, 15) is 8.42 Å². The summed E-state index contributed by atoms with van der Waals surface area (Å²) in [6.45, 7) is 10.4. The lowest BCUT2D eigenvalue weighted by atomic mass is 9.99. The first-order valence-corrected chi connectivity index (χ1v) is 10.2. The van der Waals surface area contributed by atoms with E-state index in [0.29, 0.717) is 4.21 Å². The lowest BCUT2D eigenvalue weighted by Crippen LogP contribution is -2.50. The zero-order valence-electron chi connectivity index (χ0n) is 12.9. The molecule has 4 nitrogen and oxygen atoms in total. The summed E-state index contributed by atoms with van der Waals surface area (Å²) in [6.07, 6.45) is 1.73. The van der Waals surface area contributed by atoms with Gasteiger partial charge in [-0.15, -0.1) is 11.3 Å². The first kappa shape index (κ1) is 17.4. The maximum Gasteiger partial charge on any atom is 0.250 e. The van der Waals surface area contributed by atoms with E-state index in [1.54, 1.807) is 6.07 Å². The van der Waals surface area contributed by atoms with Gasteiger partial charge in [0.05, 0.1) is 3.79 Å². The maximum absolute atomic E-state index is 12.4. The SMILES string of the molecule is Cc1cc(S(=O)(=O)NC2CCN(C(C)(C)C)CC2)sc1Br. The molecule has 1 aromatic rings. The summed E-state index contributed by atoms with van der Waals surface area (Å²) in [6, 6.07) is 1.76. The molecule has 1 fully saturated rings. The highest BCUT2D eigenvalue weighted by molar-refractivity contribution is 9.11. The third kappa shape index (κ3) is 4.28. The van der Waals surface area contributed by atoms with Crippen molar-refractivity contribution in [3.8, 4) is 0 Å². The second-order valence-electron chi connectivity index (χ2n) is 6.58. The Labute approximate surface area is 140 Å². The molecule has 0 radical (unpaired) electrons. The molecule has 21 heavy (non-hydrogen) atoms. The molecular formula is C14H23BrN2O2S2. The van der Waals surface area contributed by atoms with Gasteiger partial charge in [0.1, 0.15) is 4.21 Å². The van der Waals surface area contributed by atoms with Crippen molar-refractivity contribution in [1.82, 2.24) is 9.62 Å². The molecule has 0 aliphatic carbocycles. The quantitative estimate of drug-likeness (QED) is 0.854. The Balaban J connectivity index is 2.00. The predicted molar refractivity (Wildman–Crippen MR) is 91.4 cm³/mol. The van der Waals surface area contributed by atoms with Crippen LogP contribution in [0.25, 0.3) is 0 Å². The van der Waals surface area contributed by atoms with E-state index in [0.717, 1.165) is 35.3 Å². The number of nitrogens with zero attached hydrogens (tertiary/aromatic N) is 1. The molecule has 0 atom stereocenters. The van der Waals surface area contributed by atoms with E-state index in [4.69, 9.17) is 0 Å². The van der Waals surface area contributed by atoms with Crippen molar-refractivity contribution >= 4 is 37.3 Å². The normalized spacial score (nSPS) is 19.1. The van der Waals surface area contributed by atoms with E-state index < -0.39 is 10.0 Å². The van der Waals surface area contributed by atoms with Crippen molar-refractivity contribution in [2.75, 3.05) is 13.1 Å². The Kier molecular flexibility index (Phi) is 5.20. The zero-order valence-corrected chi connectivity index (χ0v) is 16.2. The molecule has 0 bridgehead atoms. The minimum absolute atomic E-state index is 0.0368. The number of piperidine rings is 1. The fraction of sp³-hybridized carbons (Fsp3) is 0.714. The maximum atomic E-state index is 12.4. The number of thiophene rings is 1. The van der Waals surface area contributed by atoms with Gasteiger partial charge in [0.2, 0.25) is 10.0 Å². The number of rotatable bonds is 3. The summed E-state index contributed by atoms with van der Waals surface area (Å²) in [7, 11) is -3.39. The molecule has 7 heteroatoms. The van der Waals surface area contributed by atoms with E-state index in [2.05, 4.69) is 46.3 Å². The van der Waals surface area contributed by atoms with E-state index >= 15 is 0 Å². The molecule has 2 heterocycles. The fourth-order valence-corrected chi connectivity index (χ4v) is 6.06. The summed E-state index contributed by atoms with van der Waals surface area (Å²) in [4.78, 5) is 2.41. The van der Waals surface area contributed by atoms with Crippen LogP contribution in [0.4, 0.5) is 0 Å². The molecule has 0 amide bonds. The zero-order chi connectivity index (χ0) is 15.8. The molecule has 0 aromatic carbocycles. The number of halogens is 1. The molecule has 1 aliphatic heterocycles. The van der Waals surface area contributed by atoms with E-state index in [1.807, 2.05) is 6.92 Å². The molecule has 0 unspecified atom stereocenters. The Morgan fingerprint density at radius 1 is 1.33 bits per heavy atom. The number of nitrogens with one attached hydrogen (secondary N) is 1. The number of hydrogen-bond donors (Lipinski definition) is 1. The van der Waals surface area contributed by atoms with Gasteiger partial charge in [-0.25, -0.2) is 13.1 Å². The standard InChI is InChI=1S/C14H23BrN2O2S2/c1-10-9-12(20-13(10)15)21(18,19)16-11-5-7-17(8-6-11)14(2,3)4/h9,11,16H,5-8H2,1-4H3. The highest BCUT2D eigenvalue weighted by atomic mass is 79.9. The minimum atomic E-state index is -3.39. The smallest absolute Gasteiger partial charge is 0.250 e. The third-order valence-electron chi connectivity index (χ3n) is 3.86. The number of likely N-dealkylation sites (tertiary alicyclic amines) is 1. The Morgan fingerprint density at radius 3 is 2.33 bits per heavy atom. The minimum Gasteiger partial charge on any atom is -0.298 e. The van der Waals surface area contributed by atoms with Crippen LogP contribution in [0.1, 0.15) is 39.2 Å². The molecule has 0 saturated carbocycles. The second kappa shape index (κ2) is 6.28. The molecule has 1 N–H and O–H groups in total. The van der Waals surface area contributed by atoms with Crippen LogP contribution in [0.3, 0.4) is 0 Å². The monoisotopic (exact) mass is 394 g/mol. The van der Waals surface area contributed by atoms with Gasteiger partial charge in [-0.3, -0.25) is 4.90 Å². The number of aryl methyl sites for hydroxylation is 1. The van der Waals surface area contributed by atoms with E-state index in [1.165, 1.54) is 11.3 Å². The first-order chi connectivity index (χ1) is 9.59. The Hall–Kier alpha value is 0.0500. The summed E-state index contributed by atoms with van der Waals surface area (Å²) >= 11 is 4.65. The molecule has 1 saturated heterocycles. The van der Waals surface area contributed by atoms with Crippen LogP contribution < -0.4 is 4.72 Å². The van der Waals surface area contributed by atoms with Gasteiger partial charge in [0.25, 0.3) is 0 Å². The molecule has 2 rings (SSSR count). The number of hydrogen-bond acceptors (Lipinski definition) is 4. The van der Waals surface area contributed by atoms with Gasteiger partial charge >= 0.3 is 0 Å². The van der Waals surface area contributed by atoms with Crippen molar-refractivity contribution in [1.29, 1.82) is 0 Å². The largest absolute Gasteiger partial charge is 0.298 e. The van der Waals surface area contributed by atoms with Crippen LogP contribution in [0.5, 0.6) is 0 Å². The molecule has 1 aliphatic rings. The second-order valence-corrected chi connectivity index (χ2v) is 10.9. The van der Waals surface area contributed by atoms with Crippen LogP contribution in [0, 0.1) is 6.92 Å². The van der Waals surface area contributed by atoms with Gasteiger partial charge in [-0.1, -0.05) is 0 Å². The third-order valence-corrected chi connectivity index (χ3v) is 8.00. The van der Waals surface area contributed by atoms with Gasteiger partial charge < -0.3 is 0 Å². The van der Waals surface area contributed by atoms with Crippen molar-refractivity contribution < 1.29 is 8.42 Å². The molecular weight excluding hydrogens is 372 g/mol. The summed E-state index contributed by atoms with van der Waals surface area (Å²) in [5.74, 6) is 0. The molecule has 0 spiro atoms.